The smallest absolute Gasteiger partial charge is 0.317 e. The Morgan fingerprint density at radius 2 is 2.00 bits per heavy atom. The summed E-state index contributed by atoms with van der Waals surface area (Å²) in [6.45, 7) is 6.97. The van der Waals surface area contributed by atoms with Crippen LogP contribution in [0.25, 0.3) is 0 Å². The lowest BCUT2D eigenvalue weighted by molar-refractivity contribution is -0.154. The van der Waals surface area contributed by atoms with E-state index in [2.05, 4.69) is 0 Å². The van der Waals surface area contributed by atoms with Crippen LogP contribution in [0.5, 0.6) is 0 Å². The van der Waals surface area contributed by atoms with Gasteiger partial charge in [-0.3, -0.25) is 14.4 Å². The number of esters is 2. The molecule has 5 nitrogen and oxygen atoms in total. The van der Waals surface area contributed by atoms with E-state index in [9.17, 15) is 14.4 Å². The Bertz CT molecular complexity index is 339. The highest BCUT2D eigenvalue weighted by atomic mass is 16.6. The second-order valence-electron chi connectivity index (χ2n) is 5.08. The Labute approximate surface area is 100 Å². The summed E-state index contributed by atoms with van der Waals surface area (Å²) in [6, 6.07) is 0. The minimum atomic E-state index is -1.02. The maximum Gasteiger partial charge on any atom is 0.317 e. The van der Waals surface area contributed by atoms with Crippen molar-refractivity contribution >= 4 is 17.7 Å². The van der Waals surface area contributed by atoms with Gasteiger partial charge in [-0.25, -0.2) is 0 Å². The molecular weight excluding hydrogens is 224 g/mol. The van der Waals surface area contributed by atoms with Crippen molar-refractivity contribution in [3.8, 4) is 0 Å². The van der Waals surface area contributed by atoms with E-state index in [1.54, 1.807) is 27.7 Å². The van der Waals surface area contributed by atoms with Crippen molar-refractivity contribution in [2.75, 3.05) is 13.2 Å². The third kappa shape index (κ3) is 2.84. The number of cyclic esters (lactones) is 1. The van der Waals surface area contributed by atoms with Gasteiger partial charge in [-0.05, 0) is 6.92 Å². The van der Waals surface area contributed by atoms with Crippen molar-refractivity contribution in [2.45, 2.75) is 27.7 Å². The Hall–Kier alpha value is -1.39. The van der Waals surface area contributed by atoms with Crippen molar-refractivity contribution in [2.24, 2.45) is 17.3 Å². The second kappa shape index (κ2) is 4.85. The first kappa shape index (κ1) is 13.7. The van der Waals surface area contributed by atoms with Gasteiger partial charge >= 0.3 is 11.9 Å². The minimum absolute atomic E-state index is 0.0653. The van der Waals surface area contributed by atoms with Crippen LogP contribution in [0, 0.1) is 17.3 Å². The molecule has 1 rings (SSSR count). The number of carbonyl (C=O) groups is 3. The Morgan fingerprint density at radius 3 is 2.47 bits per heavy atom. The zero-order valence-corrected chi connectivity index (χ0v) is 10.6. The second-order valence-corrected chi connectivity index (χ2v) is 5.08. The quantitative estimate of drug-likeness (QED) is 0.544. The number of ether oxygens (including phenoxy) is 2. The zero-order valence-electron chi connectivity index (χ0n) is 10.6. The molecule has 5 heteroatoms. The molecule has 17 heavy (non-hydrogen) atoms. The van der Waals surface area contributed by atoms with Crippen molar-refractivity contribution in [3.05, 3.63) is 0 Å². The van der Waals surface area contributed by atoms with Crippen LogP contribution in [0.4, 0.5) is 0 Å². The normalized spacial score (nSPS) is 24.4. The SMILES string of the molecule is CCOC(=O)[C@@H]1COC(=O)[C@H]1C(=O)C(C)(C)C. The summed E-state index contributed by atoms with van der Waals surface area (Å²) < 4.78 is 9.65. The van der Waals surface area contributed by atoms with Crippen molar-refractivity contribution in [3.63, 3.8) is 0 Å². The van der Waals surface area contributed by atoms with Crippen LogP contribution in [-0.4, -0.2) is 30.9 Å². The van der Waals surface area contributed by atoms with Gasteiger partial charge < -0.3 is 9.47 Å². The van der Waals surface area contributed by atoms with Crippen molar-refractivity contribution < 1.29 is 23.9 Å². The largest absolute Gasteiger partial charge is 0.466 e. The van der Waals surface area contributed by atoms with Gasteiger partial charge in [0.25, 0.3) is 0 Å². The van der Waals surface area contributed by atoms with E-state index in [4.69, 9.17) is 9.47 Å². The van der Waals surface area contributed by atoms with Gasteiger partial charge in [0, 0.05) is 5.41 Å². The predicted molar refractivity (Wildman–Crippen MR) is 59.0 cm³/mol. The molecule has 0 N–H and O–H groups in total. The van der Waals surface area contributed by atoms with E-state index in [0.717, 1.165) is 0 Å². The number of rotatable bonds is 3. The predicted octanol–water partition coefficient (Wildman–Crippen LogP) is 0.954. The van der Waals surface area contributed by atoms with Gasteiger partial charge in [-0.2, -0.15) is 0 Å². The lowest BCUT2D eigenvalue weighted by atomic mass is 9.78. The van der Waals surface area contributed by atoms with E-state index < -0.39 is 29.2 Å². The molecule has 0 spiro atoms. The average molecular weight is 242 g/mol. The summed E-state index contributed by atoms with van der Waals surface area (Å²) in [5.74, 6) is -3.26. The van der Waals surface area contributed by atoms with Gasteiger partial charge in [0.05, 0.1) is 6.61 Å². The Balaban J connectivity index is 2.90. The van der Waals surface area contributed by atoms with E-state index >= 15 is 0 Å². The summed E-state index contributed by atoms with van der Waals surface area (Å²) >= 11 is 0. The van der Waals surface area contributed by atoms with Gasteiger partial charge in [-0.15, -0.1) is 0 Å². The van der Waals surface area contributed by atoms with E-state index in [-0.39, 0.29) is 19.0 Å². The maximum atomic E-state index is 12.1. The summed E-state index contributed by atoms with van der Waals surface area (Å²) in [7, 11) is 0. The van der Waals surface area contributed by atoms with Gasteiger partial charge in [0.1, 0.15) is 18.4 Å². The molecule has 0 saturated carbocycles. The Morgan fingerprint density at radius 1 is 1.41 bits per heavy atom. The fraction of sp³-hybridized carbons (Fsp3) is 0.750. The third-order valence-corrected chi connectivity index (χ3v) is 2.67. The third-order valence-electron chi connectivity index (χ3n) is 2.67. The maximum absolute atomic E-state index is 12.1. The lowest BCUT2D eigenvalue weighted by Crippen LogP contribution is -2.38. The van der Waals surface area contributed by atoms with Gasteiger partial charge in [-0.1, -0.05) is 20.8 Å². The number of hydrogen-bond donors (Lipinski definition) is 0. The fourth-order valence-corrected chi connectivity index (χ4v) is 1.73. The average Bonchev–Trinajstić information content (AvgIpc) is 2.58. The molecule has 1 fully saturated rings. The molecule has 0 aromatic carbocycles. The molecule has 0 aliphatic carbocycles. The van der Waals surface area contributed by atoms with Crippen LogP contribution < -0.4 is 0 Å². The summed E-state index contributed by atoms with van der Waals surface area (Å²) in [5, 5.41) is 0. The van der Waals surface area contributed by atoms with Crippen LogP contribution in [0.15, 0.2) is 0 Å². The minimum Gasteiger partial charge on any atom is -0.466 e. The molecule has 1 aliphatic heterocycles. The molecule has 0 radical (unpaired) electrons. The van der Waals surface area contributed by atoms with Crippen LogP contribution in [-0.2, 0) is 23.9 Å². The Kier molecular flexibility index (Phi) is 3.91. The number of ketones is 1. The van der Waals surface area contributed by atoms with E-state index in [1.165, 1.54) is 0 Å². The molecule has 1 saturated heterocycles. The van der Waals surface area contributed by atoms with Crippen LogP contribution in [0.2, 0.25) is 0 Å². The highest BCUT2D eigenvalue weighted by Gasteiger charge is 2.49. The molecule has 0 bridgehead atoms. The van der Waals surface area contributed by atoms with Gasteiger partial charge in [0.2, 0.25) is 0 Å². The lowest BCUT2D eigenvalue weighted by Gasteiger charge is -2.21. The number of hydrogen-bond acceptors (Lipinski definition) is 5. The molecule has 0 aromatic heterocycles. The topological polar surface area (TPSA) is 69.7 Å². The van der Waals surface area contributed by atoms with Crippen LogP contribution in [0.1, 0.15) is 27.7 Å². The molecule has 0 unspecified atom stereocenters. The first-order valence-corrected chi connectivity index (χ1v) is 5.66. The fourth-order valence-electron chi connectivity index (χ4n) is 1.73. The zero-order chi connectivity index (χ0) is 13.2. The van der Waals surface area contributed by atoms with Gasteiger partial charge in [0.15, 0.2) is 5.78 Å². The first-order chi connectivity index (χ1) is 7.79. The molecular formula is C12H18O5. The highest BCUT2D eigenvalue weighted by Crippen LogP contribution is 2.31. The van der Waals surface area contributed by atoms with Crippen LogP contribution >= 0.6 is 0 Å². The summed E-state index contributed by atoms with van der Waals surface area (Å²) in [4.78, 5) is 35.2. The van der Waals surface area contributed by atoms with E-state index in [0.29, 0.717) is 0 Å². The van der Waals surface area contributed by atoms with E-state index in [1.807, 2.05) is 0 Å². The molecule has 0 amide bonds. The monoisotopic (exact) mass is 242 g/mol. The summed E-state index contributed by atoms with van der Waals surface area (Å²) in [5.41, 5.74) is -0.682. The first-order valence-electron chi connectivity index (χ1n) is 5.66. The molecule has 96 valence electrons. The van der Waals surface area contributed by atoms with Crippen molar-refractivity contribution in [1.82, 2.24) is 0 Å². The molecule has 1 heterocycles. The highest BCUT2D eigenvalue weighted by molar-refractivity contribution is 6.06. The summed E-state index contributed by atoms with van der Waals surface area (Å²) in [6.07, 6.45) is 0. The molecule has 0 aromatic rings. The van der Waals surface area contributed by atoms with Crippen molar-refractivity contribution in [1.29, 1.82) is 0 Å². The number of Topliss-reactive ketones (excluding diaryl/α,β-unsaturated/α-hetero) is 1. The molecule has 2 atom stereocenters. The standard InChI is InChI=1S/C12H18O5/c1-5-16-10(14)7-6-17-11(15)8(7)9(13)12(2,3)4/h7-8H,5-6H2,1-4H3/t7-,8-/m1/s1. The molecule has 1 aliphatic rings. The number of carbonyl (C=O) groups excluding carboxylic acids is 3. The van der Waals surface area contributed by atoms with Crippen LogP contribution in [0.3, 0.4) is 0 Å².